The first-order chi connectivity index (χ1) is 14.6. The number of tetrazole rings is 1. The largest absolute Gasteiger partial charge is 0.487 e. The first-order valence-corrected chi connectivity index (χ1v) is 10.2. The van der Waals surface area contributed by atoms with Gasteiger partial charge in [-0.15, -0.1) is 5.10 Å². The van der Waals surface area contributed by atoms with Gasteiger partial charge in [0.2, 0.25) is 0 Å². The Bertz CT molecular complexity index is 1030. The van der Waals surface area contributed by atoms with Crippen LogP contribution >= 0.6 is 0 Å². The molecule has 1 unspecified atom stereocenters. The maximum atomic E-state index is 13.0. The number of aromatic nitrogens is 4. The first kappa shape index (κ1) is 18.7. The van der Waals surface area contributed by atoms with Crippen LogP contribution in [0.1, 0.15) is 41.2 Å². The molecule has 1 aromatic heterocycles. The number of amides is 1. The van der Waals surface area contributed by atoms with Crippen LogP contribution in [-0.4, -0.2) is 56.8 Å². The van der Waals surface area contributed by atoms with Gasteiger partial charge in [0.25, 0.3) is 5.91 Å². The van der Waals surface area contributed by atoms with Gasteiger partial charge in [-0.2, -0.15) is 0 Å². The second-order valence-electron chi connectivity index (χ2n) is 8.16. The molecule has 1 fully saturated rings. The van der Waals surface area contributed by atoms with Gasteiger partial charge in [0.05, 0.1) is 11.7 Å². The summed E-state index contributed by atoms with van der Waals surface area (Å²) in [6.07, 6.45) is 4.23. The fraction of sp³-hybridized carbons (Fsp3) is 0.364. The third-order valence-electron chi connectivity index (χ3n) is 6.14. The molecule has 1 saturated heterocycles. The summed E-state index contributed by atoms with van der Waals surface area (Å²) in [4.78, 5) is 15.4. The van der Waals surface area contributed by atoms with Crippen molar-refractivity contribution < 1.29 is 9.53 Å². The molecule has 0 bridgehead atoms. The van der Waals surface area contributed by atoms with E-state index in [-0.39, 0.29) is 17.6 Å². The van der Waals surface area contributed by atoms with Crippen LogP contribution in [0.25, 0.3) is 5.69 Å². The maximum Gasteiger partial charge on any atom is 0.251 e. The van der Waals surface area contributed by atoms with Crippen molar-refractivity contribution in [2.45, 2.75) is 30.9 Å². The lowest BCUT2D eigenvalue weighted by molar-refractivity contribution is -0.0195. The number of carbonyl (C=O) groups excluding carboxylic acids is 1. The average molecular weight is 404 g/mol. The molecule has 0 radical (unpaired) electrons. The summed E-state index contributed by atoms with van der Waals surface area (Å²) in [5, 5.41) is 14.4. The molecular weight excluding hydrogens is 380 g/mol. The van der Waals surface area contributed by atoms with E-state index in [4.69, 9.17) is 4.74 Å². The molecule has 5 rings (SSSR count). The molecule has 1 atom stereocenters. The Balaban J connectivity index is 1.37. The normalized spacial score (nSPS) is 20.4. The summed E-state index contributed by atoms with van der Waals surface area (Å²) in [6.45, 7) is 2.00. The van der Waals surface area contributed by atoms with Crippen LogP contribution in [0.5, 0.6) is 5.75 Å². The number of piperidine rings is 1. The summed E-state index contributed by atoms with van der Waals surface area (Å²) in [5.74, 6) is 0.788. The highest BCUT2D eigenvalue weighted by Gasteiger charge is 2.43. The molecule has 1 amide bonds. The zero-order valence-corrected chi connectivity index (χ0v) is 16.9. The second-order valence-corrected chi connectivity index (χ2v) is 8.16. The molecule has 2 aliphatic rings. The molecule has 0 saturated carbocycles. The number of hydrogen-bond acceptors (Lipinski definition) is 6. The van der Waals surface area contributed by atoms with Crippen LogP contribution in [0.4, 0.5) is 0 Å². The van der Waals surface area contributed by atoms with Crippen molar-refractivity contribution in [3.63, 3.8) is 0 Å². The van der Waals surface area contributed by atoms with E-state index >= 15 is 0 Å². The Labute approximate surface area is 174 Å². The molecule has 3 aromatic rings. The molecule has 0 aliphatic carbocycles. The van der Waals surface area contributed by atoms with Crippen molar-refractivity contribution in [2.75, 3.05) is 20.1 Å². The van der Waals surface area contributed by atoms with Crippen molar-refractivity contribution in [3.8, 4) is 11.4 Å². The summed E-state index contributed by atoms with van der Waals surface area (Å²) in [7, 11) is 2.14. The number of rotatable bonds is 3. The second kappa shape index (κ2) is 7.53. The van der Waals surface area contributed by atoms with Crippen molar-refractivity contribution >= 4 is 5.91 Å². The number of nitrogens with zero attached hydrogens (tertiary/aromatic N) is 5. The van der Waals surface area contributed by atoms with Crippen molar-refractivity contribution in [1.82, 2.24) is 30.4 Å². The molecule has 3 heterocycles. The highest BCUT2D eigenvalue weighted by Crippen LogP contribution is 2.44. The minimum atomic E-state index is -0.219. The van der Waals surface area contributed by atoms with E-state index in [1.165, 1.54) is 6.33 Å². The number of benzene rings is 2. The molecule has 154 valence electrons. The van der Waals surface area contributed by atoms with Gasteiger partial charge in [-0.25, -0.2) is 4.68 Å². The summed E-state index contributed by atoms with van der Waals surface area (Å²) >= 11 is 0. The lowest BCUT2D eigenvalue weighted by Crippen LogP contribution is -2.51. The van der Waals surface area contributed by atoms with Crippen LogP contribution in [0, 0.1) is 0 Å². The monoisotopic (exact) mass is 404 g/mol. The Morgan fingerprint density at radius 3 is 2.63 bits per heavy atom. The van der Waals surface area contributed by atoms with Gasteiger partial charge in [0.1, 0.15) is 17.7 Å². The van der Waals surface area contributed by atoms with Gasteiger partial charge >= 0.3 is 0 Å². The SMILES string of the molecule is CN1CCC2(CC1)CC(NC(=O)c1ccc(-n3cnnn3)cc1)c1ccccc1O2. The lowest BCUT2D eigenvalue weighted by Gasteiger charge is -2.46. The van der Waals surface area contributed by atoms with Crippen LogP contribution in [0.2, 0.25) is 0 Å². The molecule has 8 nitrogen and oxygen atoms in total. The van der Waals surface area contributed by atoms with Gasteiger partial charge in [-0.3, -0.25) is 4.79 Å². The van der Waals surface area contributed by atoms with E-state index < -0.39 is 0 Å². The molecule has 8 heteroatoms. The fourth-order valence-electron chi connectivity index (χ4n) is 4.37. The van der Waals surface area contributed by atoms with Crippen LogP contribution < -0.4 is 10.1 Å². The number of para-hydroxylation sites is 1. The van der Waals surface area contributed by atoms with Gasteiger partial charge in [0.15, 0.2) is 0 Å². The Morgan fingerprint density at radius 2 is 1.90 bits per heavy atom. The predicted octanol–water partition coefficient (Wildman–Crippen LogP) is 2.38. The molecule has 2 aliphatic heterocycles. The third kappa shape index (κ3) is 3.54. The molecular formula is C22H24N6O2. The fourth-order valence-corrected chi connectivity index (χ4v) is 4.37. The lowest BCUT2D eigenvalue weighted by atomic mass is 9.80. The number of hydrogen-bond donors (Lipinski definition) is 1. The summed E-state index contributed by atoms with van der Waals surface area (Å²) in [6, 6.07) is 15.2. The quantitative estimate of drug-likeness (QED) is 0.722. The van der Waals surface area contributed by atoms with E-state index in [0.29, 0.717) is 5.56 Å². The molecule has 2 aromatic carbocycles. The Morgan fingerprint density at radius 1 is 1.13 bits per heavy atom. The van der Waals surface area contributed by atoms with Gasteiger partial charge in [-0.1, -0.05) is 18.2 Å². The summed E-state index contributed by atoms with van der Waals surface area (Å²) in [5.41, 5.74) is 2.23. The van der Waals surface area contributed by atoms with Gasteiger partial charge < -0.3 is 15.0 Å². The zero-order chi connectivity index (χ0) is 20.6. The minimum Gasteiger partial charge on any atom is -0.487 e. The van der Waals surface area contributed by atoms with E-state index in [1.54, 1.807) is 16.8 Å². The van der Waals surface area contributed by atoms with Crippen molar-refractivity contribution in [2.24, 2.45) is 0 Å². The van der Waals surface area contributed by atoms with Crippen LogP contribution in [-0.2, 0) is 0 Å². The van der Waals surface area contributed by atoms with Gasteiger partial charge in [0, 0.05) is 30.6 Å². The predicted molar refractivity (Wildman–Crippen MR) is 111 cm³/mol. The minimum absolute atomic E-state index is 0.0787. The number of carbonyl (C=O) groups is 1. The standard InChI is InChI=1S/C22H24N6O2/c1-27-12-10-22(11-13-27)14-19(18-4-2-3-5-20(18)30-22)24-21(29)16-6-8-17(9-7-16)28-15-23-25-26-28/h2-9,15,19H,10-14H2,1H3,(H,24,29). The number of likely N-dealkylation sites (tertiary alicyclic amines) is 1. The number of nitrogens with one attached hydrogen (secondary N) is 1. The zero-order valence-electron chi connectivity index (χ0n) is 16.9. The van der Waals surface area contributed by atoms with Crippen molar-refractivity contribution in [1.29, 1.82) is 0 Å². The van der Waals surface area contributed by atoms with Crippen LogP contribution in [0.3, 0.4) is 0 Å². The van der Waals surface area contributed by atoms with E-state index in [0.717, 1.165) is 49.4 Å². The smallest absolute Gasteiger partial charge is 0.251 e. The third-order valence-corrected chi connectivity index (χ3v) is 6.14. The first-order valence-electron chi connectivity index (χ1n) is 10.2. The van der Waals surface area contributed by atoms with Crippen molar-refractivity contribution in [3.05, 3.63) is 66.0 Å². The van der Waals surface area contributed by atoms with Gasteiger partial charge in [-0.05, 0) is 60.6 Å². The maximum absolute atomic E-state index is 13.0. The topological polar surface area (TPSA) is 85.2 Å². The number of ether oxygens (including phenoxy) is 1. The van der Waals surface area contributed by atoms with E-state index in [9.17, 15) is 4.79 Å². The highest BCUT2D eigenvalue weighted by molar-refractivity contribution is 5.94. The molecule has 1 N–H and O–H groups in total. The Hall–Kier alpha value is -3.26. The highest BCUT2D eigenvalue weighted by atomic mass is 16.5. The van der Waals surface area contributed by atoms with E-state index in [2.05, 4.69) is 32.8 Å². The summed E-state index contributed by atoms with van der Waals surface area (Å²) < 4.78 is 8.04. The van der Waals surface area contributed by atoms with E-state index in [1.807, 2.05) is 36.4 Å². The Kier molecular flexibility index (Phi) is 4.71. The van der Waals surface area contributed by atoms with Crippen LogP contribution in [0.15, 0.2) is 54.9 Å². The molecule has 30 heavy (non-hydrogen) atoms. The molecule has 1 spiro atoms. The average Bonchev–Trinajstić information content (AvgIpc) is 3.31. The number of fused-ring (bicyclic) bond motifs is 1.